The number of hydrogen-bond donors (Lipinski definition) is 0. The van der Waals surface area contributed by atoms with Crippen molar-refractivity contribution >= 4 is 12.2 Å². The predicted octanol–water partition coefficient (Wildman–Crippen LogP) is 2.22. The van der Waals surface area contributed by atoms with Crippen LogP contribution in [0, 0.1) is 5.41 Å². The first-order valence-corrected chi connectivity index (χ1v) is 6.15. The minimum atomic E-state index is -0.431. The molecule has 0 radical (unpaired) electrons. The molecule has 0 aliphatic carbocycles. The molecular formula is C13H23NO3. The Bertz CT molecular complexity index is 282. The minimum Gasteiger partial charge on any atom is -0.459 e. The molecule has 0 bridgehead atoms. The third-order valence-electron chi connectivity index (χ3n) is 2.86. The molecule has 0 atom stereocenters. The van der Waals surface area contributed by atoms with E-state index in [2.05, 4.69) is 11.9 Å². The van der Waals surface area contributed by atoms with E-state index in [1.54, 1.807) is 0 Å². The molecule has 0 amide bonds. The molecule has 0 aromatic heterocycles. The second-order valence-electron chi connectivity index (χ2n) is 5.66. The lowest BCUT2D eigenvalue weighted by Gasteiger charge is -2.39. The van der Waals surface area contributed by atoms with Crippen molar-refractivity contribution in [3.05, 3.63) is 0 Å². The number of carbonyl (C=O) groups is 1. The fourth-order valence-electron chi connectivity index (χ4n) is 1.63. The summed E-state index contributed by atoms with van der Waals surface area (Å²) in [6.45, 7) is 9.44. The molecule has 1 rings (SSSR count). The van der Waals surface area contributed by atoms with Crippen LogP contribution in [-0.2, 0) is 14.3 Å². The zero-order chi connectivity index (χ0) is 12.9. The van der Waals surface area contributed by atoms with Crippen LogP contribution in [0.1, 0.15) is 40.5 Å². The minimum absolute atomic E-state index is 0.109. The fraction of sp³-hybridized carbons (Fsp3) is 0.846. The molecule has 98 valence electrons. The molecule has 0 saturated carbocycles. The Labute approximate surface area is 103 Å². The highest BCUT2D eigenvalue weighted by atomic mass is 16.6. The maximum atomic E-state index is 11.4. The number of hydrogen-bond acceptors (Lipinski definition) is 4. The number of ether oxygens (including phenoxy) is 2. The van der Waals surface area contributed by atoms with Gasteiger partial charge < -0.3 is 9.47 Å². The van der Waals surface area contributed by atoms with Crippen molar-refractivity contribution in [3.63, 3.8) is 0 Å². The smallest absolute Gasteiger partial charge is 0.328 e. The van der Waals surface area contributed by atoms with E-state index in [-0.39, 0.29) is 17.9 Å². The summed E-state index contributed by atoms with van der Waals surface area (Å²) in [6, 6.07) is 0. The summed E-state index contributed by atoms with van der Waals surface area (Å²) >= 11 is 0. The van der Waals surface area contributed by atoms with Gasteiger partial charge in [-0.05, 0) is 33.6 Å². The van der Waals surface area contributed by atoms with Crippen molar-refractivity contribution in [2.75, 3.05) is 19.8 Å². The summed E-state index contributed by atoms with van der Waals surface area (Å²) in [6.07, 6.45) is 3.80. The highest BCUT2D eigenvalue weighted by Crippen LogP contribution is 2.33. The average molecular weight is 241 g/mol. The van der Waals surface area contributed by atoms with E-state index in [9.17, 15) is 4.79 Å². The summed E-state index contributed by atoms with van der Waals surface area (Å²) in [7, 11) is 0. The Kier molecular flexibility index (Phi) is 4.69. The highest BCUT2D eigenvalue weighted by molar-refractivity contribution is 5.74. The van der Waals surface area contributed by atoms with E-state index in [0.29, 0.717) is 0 Å². The van der Waals surface area contributed by atoms with Gasteiger partial charge in [-0.25, -0.2) is 0 Å². The van der Waals surface area contributed by atoms with Crippen molar-refractivity contribution in [2.45, 2.75) is 46.1 Å². The third-order valence-corrected chi connectivity index (χ3v) is 2.86. The summed E-state index contributed by atoms with van der Waals surface area (Å²) in [5.74, 6) is -0.274. The van der Waals surface area contributed by atoms with E-state index in [0.717, 1.165) is 26.1 Å². The Morgan fingerprint density at radius 2 is 2.12 bits per heavy atom. The van der Waals surface area contributed by atoms with E-state index in [1.807, 2.05) is 27.0 Å². The number of carbonyl (C=O) groups excluding carboxylic acids is 1. The van der Waals surface area contributed by atoms with Gasteiger partial charge in [0.05, 0.1) is 13.2 Å². The molecule has 1 heterocycles. The summed E-state index contributed by atoms with van der Waals surface area (Å²) in [5, 5.41) is 0. The fourth-order valence-corrected chi connectivity index (χ4v) is 1.63. The highest BCUT2D eigenvalue weighted by Gasteiger charge is 2.35. The molecule has 1 aliphatic rings. The summed E-state index contributed by atoms with van der Waals surface area (Å²) in [4.78, 5) is 15.5. The van der Waals surface area contributed by atoms with Crippen molar-refractivity contribution in [2.24, 2.45) is 10.4 Å². The number of aliphatic imine (C=N–C) groups is 1. The van der Waals surface area contributed by atoms with E-state index < -0.39 is 5.60 Å². The van der Waals surface area contributed by atoms with Crippen LogP contribution in [0.3, 0.4) is 0 Å². The number of esters is 1. The van der Waals surface area contributed by atoms with E-state index in [1.165, 1.54) is 0 Å². The van der Waals surface area contributed by atoms with Crippen molar-refractivity contribution in [1.29, 1.82) is 0 Å². The first-order valence-electron chi connectivity index (χ1n) is 6.15. The number of nitrogens with zero attached hydrogens (tertiary/aromatic N) is 1. The SMILES string of the molecule is CCC1(C/C=N/CC(=O)OC(C)(C)C)COC1. The summed E-state index contributed by atoms with van der Waals surface area (Å²) in [5.41, 5.74) is -0.170. The van der Waals surface area contributed by atoms with Gasteiger partial charge in [0.15, 0.2) is 0 Å². The first kappa shape index (κ1) is 14.2. The first-order chi connectivity index (χ1) is 7.87. The quantitative estimate of drug-likeness (QED) is 0.547. The van der Waals surface area contributed by atoms with Gasteiger partial charge in [-0.1, -0.05) is 6.92 Å². The Balaban J connectivity index is 2.24. The molecular weight excluding hydrogens is 218 g/mol. The normalized spacial score (nSPS) is 19.1. The van der Waals surface area contributed by atoms with Gasteiger partial charge in [0.25, 0.3) is 0 Å². The Morgan fingerprint density at radius 1 is 1.47 bits per heavy atom. The van der Waals surface area contributed by atoms with Crippen LogP contribution >= 0.6 is 0 Å². The van der Waals surface area contributed by atoms with Gasteiger partial charge in [-0.15, -0.1) is 0 Å². The van der Waals surface area contributed by atoms with Crippen LogP contribution in [0.15, 0.2) is 4.99 Å². The largest absolute Gasteiger partial charge is 0.459 e. The molecule has 4 nitrogen and oxygen atoms in total. The Morgan fingerprint density at radius 3 is 2.53 bits per heavy atom. The molecule has 1 saturated heterocycles. The zero-order valence-electron chi connectivity index (χ0n) is 11.3. The molecule has 17 heavy (non-hydrogen) atoms. The van der Waals surface area contributed by atoms with Gasteiger partial charge in [-0.3, -0.25) is 9.79 Å². The topological polar surface area (TPSA) is 47.9 Å². The van der Waals surface area contributed by atoms with Gasteiger partial charge in [0.1, 0.15) is 12.1 Å². The van der Waals surface area contributed by atoms with Crippen LogP contribution in [0.5, 0.6) is 0 Å². The Hall–Kier alpha value is -0.900. The van der Waals surface area contributed by atoms with Crippen LogP contribution in [0.25, 0.3) is 0 Å². The second-order valence-corrected chi connectivity index (χ2v) is 5.66. The molecule has 0 spiro atoms. The van der Waals surface area contributed by atoms with Crippen LogP contribution in [0.2, 0.25) is 0 Å². The summed E-state index contributed by atoms with van der Waals surface area (Å²) < 4.78 is 10.4. The molecule has 0 N–H and O–H groups in total. The molecule has 0 unspecified atom stereocenters. The standard InChI is InChI=1S/C13H23NO3/c1-5-13(9-16-10-13)6-7-14-8-11(15)17-12(2,3)4/h7H,5-6,8-10H2,1-4H3/b14-7+. The van der Waals surface area contributed by atoms with Crippen LogP contribution in [-0.4, -0.2) is 37.5 Å². The maximum absolute atomic E-state index is 11.4. The van der Waals surface area contributed by atoms with Crippen molar-refractivity contribution < 1.29 is 14.3 Å². The molecule has 0 aromatic rings. The lowest BCUT2D eigenvalue weighted by atomic mass is 9.80. The third kappa shape index (κ3) is 4.86. The lowest BCUT2D eigenvalue weighted by Crippen LogP contribution is -2.42. The van der Waals surface area contributed by atoms with Crippen molar-refractivity contribution in [3.8, 4) is 0 Å². The number of rotatable bonds is 5. The monoisotopic (exact) mass is 241 g/mol. The maximum Gasteiger partial charge on any atom is 0.328 e. The van der Waals surface area contributed by atoms with E-state index >= 15 is 0 Å². The van der Waals surface area contributed by atoms with Crippen LogP contribution in [0.4, 0.5) is 0 Å². The lowest BCUT2D eigenvalue weighted by molar-refractivity contribution is -0.152. The van der Waals surface area contributed by atoms with Gasteiger partial charge in [0, 0.05) is 11.6 Å². The van der Waals surface area contributed by atoms with Crippen LogP contribution < -0.4 is 0 Å². The van der Waals surface area contributed by atoms with Gasteiger partial charge in [0.2, 0.25) is 0 Å². The van der Waals surface area contributed by atoms with Crippen molar-refractivity contribution in [1.82, 2.24) is 0 Å². The van der Waals surface area contributed by atoms with Gasteiger partial charge in [-0.2, -0.15) is 0 Å². The molecule has 1 fully saturated rings. The van der Waals surface area contributed by atoms with Gasteiger partial charge >= 0.3 is 5.97 Å². The molecule has 0 aromatic carbocycles. The zero-order valence-corrected chi connectivity index (χ0v) is 11.3. The van der Waals surface area contributed by atoms with E-state index in [4.69, 9.17) is 9.47 Å². The average Bonchev–Trinajstić information content (AvgIpc) is 2.13. The predicted molar refractivity (Wildman–Crippen MR) is 67.4 cm³/mol. The molecule has 4 heteroatoms. The molecule has 1 aliphatic heterocycles. The second kappa shape index (κ2) is 5.63.